The second kappa shape index (κ2) is 6.50. The van der Waals surface area contributed by atoms with Gasteiger partial charge in [-0.15, -0.1) is 0 Å². The number of aryl methyl sites for hydroxylation is 1. The SMILES string of the molecule is CN(c1n/c(=N/O)c(=O)n(C)c2ccccc12)C1CCC(C)(C)CC1. The molecule has 0 radical (unpaired) electrons. The smallest absolute Gasteiger partial charge is 0.299 e. The van der Waals surface area contributed by atoms with Crippen molar-refractivity contribution in [2.24, 2.45) is 17.6 Å². The number of aromatic nitrogens is 2. The molecule has 6 heteroatoms. The van der Waals surface area contributed by atoms with Crippen LogP contribution in [0.25, 0.3) is 10.9 Å². The third-order valence-electron chi connectivity index (χ3n) is 5.50. The molecule has 0 atom stereocenters. The van der Waals surface area contributed by atoms with Gasteiger partial charge in [0.25, 0.3) is 11.0 Å². The van der Waals surface area contributed by atoms with E-state index in [4.69, 9.17) is 0 Å². The highest BCUT2D eigenvalue weighted by atomic mass is 16.4. The number of hydrogen-bond donors (Lipinski definition) is 1. The fourth-order valence-corrected chi connectivity index (χ4v) is 3.70. The highest BCUT2D eigenvalue weighted by molar-refractivity contribution is 5.89. The molecule has 134 valence electrons. The normalized spacial score (nSPS) is 18.5. The molecular weight excluding hydrogens is 316 g/mol. The minimum Gasteiger partial charge on any atom is -0.409 e. The average molecular weight is 342 g/mol. The molecule has 0 spiro atoms. The summed E-state index contributed by atoms with van der Waals surface area (Å²) in [6.45, 7) is 4.62. The lowest BCUT2D eigenvalue weighted by Gasteiger charge is -2.39. The first-order valence-corrected chi connectivity index (χ1v) is 8.75. The van der Waals surface area contributed by atoms with Gasteiger partial charge in [-0.05, 0) is 43.2 Å². The Hall–Kier alpha value is -2.37. The van der Waals surface area contributed by atoms with Crippen LogP contribution >= 0.6 is 0 Å². The summed E-state index contributed by atoms with van der Waals surface area (Å²) in [6, 6.07) is 8.04. The van der Waals surface area contributed by atoms with E-state index in [1.165, 1.54) is 4.57 Å². The molecule has 1 heterocycles. The Kier molecular flexibility index (Phi) is 4.54. The first-order valence-electron chi connectivity index (χ1n) is 8.75. The van der Waals surface area contributed by atoms with Crippen molar-refractivity contribution in [3.63, 3.8) is 0 Å². The zero-order chi connectivity index (χ0) is 18.2. The van der Waals surface area contributed by atoms with Crippen LogP contribution in [-0.4, -0.2) is 27.8 Å². The van der Waals surface area contributed by atoms with Crippen LogP contribution in [0.3, 0.4) is 0 Å². The minimum absolute atomic E-state index is 0.184. The topological polar surface area (TPSA) is 70.7 Å². The maximum absolute atomic E-state index is 12.5. The molecule has 25 heavy (non-hydrogen) atoms. The van der Waals surface area contributed by atoms with Gasteiger partial charge in [0, 0.05) is 25.5 Å². The summed E-state index contributed by atoms with van der Waals surface area (Å²) in [6.07, 6.45) is 4.49. The first kappa shape index (κ1) is 17.5. The summed E-state index contributed by atoms with van der Waals surface area (Å²) in [5.74, 6) is 0.686. The summed E-state index contributed by atoms with van der Waals surface area (Å²) < 4.78 is 1.48. The molecule has 0 saturated heterocycles. The van der Waals surface area contributed by atoms with Gasteiger partial charge < -0.3 is 14.7 Å². The number of anilines is 1. The molecule has 2 aromatic rings. The molecular formula is C19H26N4O2. The Morgan fingerprint density at radius 3 is 2.56 bits per heavy atom. The van der Waals surface area contributed by atoms with E-state index < -0.39 is 5.56 Å². The summed E-state index contributed by atoms with van der Waals surface area (Å²) in [5.41, 5.74) is 0.557. The first-order chi connectivity index (χ1) is 11.8. The summed E-state index contributed by atoms with van der Waals surface area (Å²) in [4.78, 5) is 19.1. The van der Waals surface area contributed by atoms with Gasteiger partial charge in [-0.2, -0.15) is 0 Å². The predicted molar refractivity (Wildman–Crippen MR) is 98.8 cm³/mol. The molecule has 0 unspecified atom stereocenters. The fraction of sp³-hybridized carbons (Fsp3) is 0.526. The van der Waals surface area contributed by atoms with Crippen LogP contribution in [0, 0.1) is 5.41 Å². The van der Waals surface area contributed by atoms with Gasteiger partial charge in [-0.3, -0.25) is 4.79 Å². The molecule has 1 aromatic heterocycles. The highest BCUT2D eigenvalue weighted by Crippen LogP contribution is 2.38. The maximum Gasteiger partial charge on any atom is 0.299 e. The zero-order valence-corrected chi connectivity index (χ0v) is 15.4. The third-order valence-corrected chi connectivity index (χ3v) is 5.50. The van der Waals surface area contributed by atoms with E-state index in [1.54, 1.807) is 7.05 Å². The van der Waals surface area contributed by atoms with Crippen LogP contribution in [0.2, 0.25) is 0 Å². The van der Waals surface area contributed by atoms with Crippen LogP contribution in [-0.2, 0) is 7.05 Å². The van der Waals surface area contributed by atoms with Crippen molar-refractivity contribution in [1.29, 1.82) is 0 Å². The molecule has 1 aliphatic carbocycles. The van der Waals surface area contributed by atoms with Gasteiger partial charge >= 0.3 is 0 Å². The van der Waals surface area contributed by atoms with Crippen molar-refractivity contribution >= 4 is 16.7 Å². The van der Waals surface area contributed by atoms with E-state index in [9.17, 15) is 10.0 Å². The maximum atomic E-state index is 12.5. The molecule has 1 aromatic carbocycles. The van der Waals surface area contributed by atoms with Gasteiger partial charge in [0.05, 0.1) is 5.52 Å². The largest absolute Gasteiger partial charge is 0.409 e. The lowest BCUT2D eigenvalue weighted by molar-refractivity contribution is 0.222. The summed E-state index contributed by atoms with van der Waals surface area (Å²) in [7, 11) is 3.69. The Bertz CT molecular complexity index is 907. The molecule has 1 saturated carbocycles. The monoisotopic (exact) mass is 342 g/mol. The number of benzene rings is 1. The van der Waals surface area contributed by atoms with Crippen molar-refractivity contribution in [3.8, 4) is 0 Å². The van der Waals surface area contributed by atoms with Gasteiger partial charge in [0.2, 0.25) is 0 Å². The predicted octanol–water partition coefficient (Wildman–Crippen LogP) is 2.63. The number of para-hydroxylation sites is 1. The van der Waals surface area contributed by atoms with Crippen LogP contribution in [0.1, 0.15) is 39.5 Å². The summed E-state index contributed by atoms with van der Waals surface area (Å²) in [5, 5.41) is 13.3. The van der Waals surface area contributed by atoms with Crippen molar-refractivity contribution in [2.45, 2.75) is 45.6 Å². The van der Waals surface area contributed by atoms with Crippen LogP contribution in [0.15, 0.2) is 34.2 Å². The number of rotatable bonds is 2. The van der Waals surface area contributed by atoms with Crippen LogP contribution < -0.4 is 15.9 Å². The van der Waals surface area contributed by atoms with Gasteiger partial charge in [-0.25, -0.2) is 4.98 Å². The lowest BCUT2D eigenvalue weighted by Crippen LogP contribution is -2.39. The van der Waals surface area contributed by atoms with Gasteiger partial charge in [0.1, 0.15) is 5.82 Å². The second-order valence-electron chi connectivity index (χ2n) is 7.75. The molecule has 0 amide bonds. The fourth-order valence-electron chi connectivity index (χ4n) is 3.70. The van der Waals surface area contributed by atoms with E-state index >= 15 is 0 Å². The Morgan fingerprint density at radius 2 is 1.92 bits per heavy atom. The van der Waals surface area contributed by atoms with Crippen LogP contribution in [0.4, 0.5) is 5.82 Å². The quantitative estimate of drug-likeness (QED) is 0.673. The highest BCUT2D eigenvalue weighted by Gasteiger charge is 2.30. The Labute approximate surface area is 147 Å². The van der Waals surface area contributed by atoms with E-state index in [1.807, 2.05) is 31.3 Å². The number of hydrogen-bond acceptors (Lipinski definition) is 5. The van der Waals surface area contributed by atoms with Crippen molar-refractivity contribution in [2.75, 3.05) is 11.9 Å². The van der Waals surface area contributed by atoms with Gasteiger partial charge in [0.15, 0.2) is 0 Å². The standard InChI is InChI=1S/C19H26N4O2/c1-19(2)11-9-13(10-12-19)22(3)17-14-7-5-6-8-15(14)23(4)18(24)16(20-17)21-25/h5-8,13,25H,9-12H2,1-4H3/b21-16+. The van der Waals surface area contributed by atoms with E-state index in [0.29, 0.717) is 17.3 Å². The summed E-state index contributed by atoms with van der Waals surface area (Å²) >= 11 is 0. The third kappa shape index (κ3) is 3.25. The molecule has 3 rings (SSSR count). The lowest BCUT2D eigenvalue weighted by atomic mass is 9.75. The minimum atomic E-state index is -0.414. The second-order valence-corrected chi connectivity index (χ2v) is 7.75. The van der Waals surface area contributed by atoms with Crippen molar-refractivity contribution in [1.82, 2.24) is 9.55 Å². The molecule has 6 nitrogen and oxygen atoms in total. The van der Waals surface area contributed by atoms with E-state index in [2.05, 4.69) is 28.9 Å². The molecule has 0 bridgehead atoms. The average Bonchev–Trinajstić information content (AvgIpc) is 2.71. The molecule has 1 fully saturated rings. The van der Waals surface area contributed by atoms with Crippen molar-refractivity contribution in [3.05, 3.63) is 40.1 Å². The van der Waals surface area contributed by atoms with E-state index in [-0.39, 0.29) is 5.49 Å². The molecule has 1 N–H and O–H groups in total. The number of nitrogens with zero attached hydrogens (tertiary/aromatic N) is 4. The van der Waals surface area contributed by atoms with E-state index in [0.717, 1.165) is 36.6 Å². The Morgan fingerprint density at radius 1 is 1.28 bits per heavy atom. The molecule has 0 aliphatic heterocycles. The number of fused-ring (bicyclic) bond motifs is 1. The van der Waals surface area contributed by atoms with Crippen LogP contribution in [0.5, 0.6) is 0 Å². The zero-order valence-electron chi connectivity index (χ0n) is 15.4. The van der Waals surface area contributed by atoms with Gasteiger partial charge in [-0.1, -0.05) is 31.1 Å². The van der Waals surface area contributed by atoms with Crippen molar-refractivity contribution < 1.29 is 5.21 Å². The molecule has 1 aliphatic rings. The Balaban J connectivity index is 2.18.